The molecule has 4 rings (SSSR count). The molecule has 0 N–H and O–H groups in total. The molecule has 0 bridgehead atoms. The number of ether oxygens (including phenoxy) is 1. The summed E-state index contributed by atoms with van der Waals surface area (Å²) in [6.45, 7) is 3.09. The molecular weight excluding hydrogens is 376 g/mol. The van der Waals surface area contributed by atoms with Gasteiger partial charge < -0.3 is 9.64 Å². The van der Waals surface area contributed by atoms with Gasteiger partial charge in [-0.1, -0.05) is 18.2 Å². The SMILES string of the molecule is C[C@H]1Cc2ccccc2N1C(=O)COc1ccc(S(=O)(=O)N2CCCC2)cc1. The van der Waals surface area contributed by atoms with Crippen LogP contribution in [-0.2, 0) is 21.2 Å². The summed E-state index contributed by atoms with van der Waals surface area (Å²) in [7, 11) is -3.44. The third kappa shape index (κ3) is 3.52. The van der Waals surface area contributed by atoms with Crippen LogP contribution in [0.1, 0.15) is 25.3 Å². The maximum atomic E-state index is 12.7. The lowest BCUT2D eigenvalue weighted by Crippen LogP contribution is -2.39. The summed E-state index contributed by atoms with van der Waals surface area (Å²) in [6.07, 6.45) is 2.64. The smallest absolute Gasteiger partial charge is 0.265 e. The van der Waals surface area contributed by atoms with E-state index < -0.39 is 10.0 Å². The molecule has 1 atom stereocenters. The van der Waals surface area contributed by atoms with E-state index in [4.69, 9.17) is 4.74 Å². The standard InChI is InChI=1S/C21H24N2O4S/c1-16-14-17-6-2-3-7-20(17)23(16)21(24)15-27-18-8-10-19(11-9-18)28(25,26)22-12-4-5-13-22/h2-3,6-11,16H,4-5,12-15H2,1H3/t16-/m0/s1. The van der Waals surface area contributed by atoms with Gasteiger partial charge in [0.2, 0.25) is 10.0 Å². The summed E-state index contributed by atoms with van der Waals surface area (Å²) in [5, 5.41) is 0. The number of hydrogen-bond acceptors (Lipinski definition) is 4. The van der Waals surface area contributed by atoms with Crippen LogP contribution in [0.15, 0.2) is 53.4 Å². The lowest BCUT2D eigenvalue weighted by Gasteiger charge is -2.22. The predicted molar refractivity (Wildman–Crippen MR) is 107 cm³/mol. The number of fused-ring (bicyclic) bond motifs is 1. The molecule has 0 unspecified atom stereocenters. The first kappa shape index (κ1) is 19.0. The van der Waals surface area contributed by atoms with Crippen LogP contribution in [0, 0.1) is 0 Å². The number of hydrogen-bond donors (Lipinski definition) is 0. The minimum atomic E-state index is -3.44. The molecule has 2 aliphatic heterocycles. The summed E-state index contributed by atoms with van der Waals surface area (Å²) in [4.78, 5) is 14.7. The highest BCUT2D eigenvalue weighted by molar-refractivity contribution is 7.89. The van der Waals surface area contributed by atoms with Crippen molar-refractivity contribution in [2.45, 2.75) is 37.1 Å². The molecule has 7 heteroatoms. The molecule has 6 nitrogen and oxygen atoms in total. The predicted octanol–water partition coefficient (Wildman–Crippen LogP) is 2.83. The highest BCUT2D eigenvalue weighted by atomic mass is 32.2. The monoisotopic (exact) mass is 400 g/mol. The van der Waals surface area contributed by atoms with Gasteiger partial charge in [0, 0.05) is 24.8 Å². The van der Waals surface area contributed by atoms with Crippen molar-refractivity contribution in [2.24, 2.45) is 0 Å². The number of para-hydroxylation sites is 1. The zero-order valence-electron chi connectivity index (χ0n) is 15.9. The Balaban J connectivity index is 1.41. The van der Waals surface area contributed by atoms with E-state index in [-0.39, 0.29) is 23.5 Å². The fourth-order valence-corrected chi connectivity index (χ4v) is 5.46. The van der Waals surface area contributed by atoms with Crippen molar-refractivity contribution in [3.05, 3.63) is 54.1 Å². The lowest BCUT2D eigenvalue weighted by atomic mass is 10.1. The molecule has 148 valence electrons. The van der Waals surface area contributed by atoms with E-state index in [1.807, 2.05) is 31.2 Å². The zero-order valence-corrected chi connectivity index (χ0v) is 16.7. The first-order valence-corrected chi connectivity index (χ1v) is 11.0. The molecule has 2 heterocycles. The lowest BCUT2D eigenvalue weighted by molar-refractivity contribution is -0.120. The van der Waals surface area contributed by atoms with Crippen LogP contribution in [0.5, 0.6) is 5.75 Å². The number of sulfonamides is 1. The summed E-state index contributed by atoms with van der Waals surface area (Å²) in [6, 6.07) is 14.3. The van der Waals surface area contributed by atoms with Crippen LogP contribution in [0.25, 0.3) is 0 Å². The number of benzene rings is 2. The fraction of sp³-hybridized carbons (Fsp3) is 0.381. The number of carbonyl (C=O) groups excluding carboxylic acids is 1. The minimum Gasteiger partial charge on any atom is -0.484 e. The molecule has 1 amide bonds. The van der Waals surface area contributed by atoms with E-state index >= 15 is 0 Å². The highest BCUT2D eigenvalue weighted by Gasteiger charge is 2.31. The summed E-state index contributed by atoms with van der Waals surface area (Å²) in [5.74, 6) is 0.375. The number of carbonyl (C=O) groups is 1. The van der Waals surface area contributed by atoms with Crippen molar-refractivity contribution in [2.75, 3.05) is 24.6 Å². The van der Waals surface area contributed by atoms with Gasteiger partial charge in [0.1, 0.15) is 5.75 Å². The van der Waals surface area contributed by atoms with E-state index in [2.05, 4.69) is 0 Å². The summed E-state index contributed by atoms with van der Waals surface area (Å²) in [5.41, 5.74) is 2.11. The average molecular weight is 401 g/mol. The third-order valence-corrected chi connectivity index (χ3v) is 7.28. The van der Waals surface area contributed by atoms with E-state index in [9.17, 15) is 13.2 Å². The maximum absolute atomic E-state index is 12.7. The van der Waals surface area contributed by atoms with Gasteiger partial charge in [-0.3, -0.25) is 4.79 Å². The van der Waals surface area contributed by atoms with Crippen LogP contribution < -0.4 is 9.64 Å². The van der Waals surface area contributed by atoms with Gasteiger partial charge in [-0.15, -0.1) is 0 Å². The molecule has 2 aromatic rings. The molecule has 0 aliphatic carbocycles. The Kier molecular flexibility index (Phi) is 5.12. The highest BCUT2D eigenvalue weighted by Crippen LogP contribution is 2.32. The molecule has 0 radical (unpaired) electrons. The molecule has 0 aromatic heterocycles. The molecule has 0 saturated carbocycles. The van der Waals surface area contributed by atoms with Crippen LogP contribution in [0.3, 0.4) is 0 Å². The number of anilines is 1. The topological polar surface area (TPSA) is 66.9 Å². The molecule has 0 spiro atoms. The average Bonchev–Trinajstić information content (AvgIpc) is 3.34. The van der Waals surface area contributed by atoms with Gasteiger partial charge >= 0.3 is 0 Å². The van der Waals surface area contributed by atoms with Gasteiger partial charge in [-0.25, -0.2) is 8.42 Å². The van der Waals surface area contributed by atoms with Gasteiger partial charge in [0.05, 0.1) is 4.90 Å². The fourth-order valence-electron chi connectivity index (χ4n) is 3.95. The Labute approximate surface area is 165 Å². The van der Waals surface area contributed by atoms with Crippen LogP contribution in [0.2, 0.25) is 0 Å². The molecule has 2 aromatic carbocycles. The van der Waals surface area contributed by atoms with Crippen molar-refractivity contribution in [1.82, 2.24) is 4.31 Å². The van der Waals surface area contributed by atoms with Crippen molar-refractivity contribution in [3.8, 4) is 5.75 Å². The molecule has 28 heavy (non-hydrogen) atoms. The van der Waals surface area contributed by atoms with Crippen molar-refractivity contribution >= 4 is 21.6 Å². The van der Waals surface area contributed by atoms with E-state index in [1.54, 1.807) is 29.2 Å². The van der Waals surface area contributed by atoms with E-state index in [0.717, 1.165) is 24.9 Å². The van der Waals surface area contributed by atoms with Crippen molar-refractivity contribution < 1.29 is 17.9 Å². The Morgan fingerprint density at radius 3 is 2.46 bits per heavy atom. The first-order valence-electron chi connectivity index (χ1n) is 9.60. The quantitative estimate of drug-likeness (QED) is 0.774. The van der Waals surface area contributed by atoms with Gasteiger partial charge in [-0.2, -0.15) is 4.31 Å². The molecule has 1 saturated heterocycles. The van der Waals surface area contributed by atoms with Crippen LogP contribution in [0.4, 0.5) is 5.69 Å². The summed E-state index contributed by atoms with van der Waals surface area (Å²) < 4.78 is 32.3. The Morgan fingerprint density at radius 1 is 1.07 bits per heavy atom. The largest absolute Gasteiger partial charge is 0.484 e. The normalized spacial score (nSPS) is 19.6. The molecule has 2 aliphatic rings. The number of rotatable bonds is 5. The first-order chi connectivity index (χ1) is 13.5. The second kappa shape index (κ2) is 7.56. The number of amides is 1. The van der Waals surface area contributed by atoms with Gasteiger partial charge in [-0.05, 0) is 62.1 Å². The molecule has 1 fully saturated rings. The van der Waals surface area contributed by atoms with Gasteiger partial charge in [0.15, 0.2) is 6.61 Å². The summed E-state index contributed by atoms with van der Waals surface area (Å²) >= 11 is 0. The second-order valence-electron chi connectivity index (χ2n) is 7.32. The van der Waals surface area contributed by atoms with Gasteiger partial charge in [0.25, 0.3) is 5.91 Å². The zero-order chi connectivity index (χ0) is 19.7. The molecular formula is C21H24N2O4S. The van der Waals surface area contributed by atoms with E-state index in [1.165, 1.54) is 9.87 Å². The Hall–Kier alpha value is -2.38. The van der Waals surface area contributed by atoms with Crippen LogP contribution >= 0.6 is 0 Å². The van der Waals surface area contributed by atoms with Crippen LogP contribution in [-0.4, -0.2) is 44.4 Å². The maximum Gasteiger partial charge on any atom is 0.265 e. The number of nitrogens with zero attached hydrogens (tertiary/aromatic N) is 2. The van der Waals surface area contributed by atoms with Crippen molar-refractivity contribution in [3.63, 3.8) is 0 Å². The third-order valence-electron chi connectivity index (χ3n) is 5.36. The van der Waals surface area contributed by atoms with E-state index in [0.29, 0.717) is 18.8 Å². The second-order valence-corrected chi connectivity index (χ2v) is 9.25. The minimum absolute atomic E-state index is 0.0864. The Bertz CT molecular complexity index is 966. The Morgan fingerprint density at radius 2 is 1.75 bits per heavy atom. The van der Waals surface area contributed by atoms with Crippen molar-refractivity contribution in [1.29, 1.82) is 0 Å².